The molecule has 0 radical (unpaired) electrons. The molecule has 14 heteroatoms. The van der Waals surface area contributed by atoms with Crippen molar-refractivity contribution in [1.82, 2.24) is 10.6 Å². The highest BCUT2D eigenvalue weighted by molar-refractivity contribution is 6.31. The van der Waals surface area contributed by atoms with Gasteiger partial charge in [-0.1, -0.05) is 157 Å². The minimum atomic E-state index is -1.09. The molecule has 362 valence electrons. The van der Waals surface area contributed by atoms with E-state index in [1.165, 1.54) is 88.8 Å². The van der Waals surface area contributed by atoms with Crippen molar-refractivity contribution in [2.45, 2.75) is 168 Å². The second-order valence-electron chi connectivity index (χ2n) is 17.7. The number of nitrogens with one attached hydrogen (secondary N) is 4. The maximum absolute atomic E-state index is 13.9. The van der Waals surface area contributed by atoms with Gasteiger partial charge in [0.1, 0.15) is 18.2 Å². The number of carbonyl (C=O) groups is 6. The standard InChI is InChI=1S/C52H73ClN4O9/c1-5-6-7-8-9-10-11-12-13-14-15-16-17-18-22-32-47(59)55-42-34-41(49(61)64-38-46(58)39-27-20-19-21-28-39)35-43(36-42)56-48(60)45(57-51(63)66-52(2,3)4)31-25-26-33-54-50(62)65-37-40-29-23-24-30-44(40)53/h19-21,23-24,27-30,34-36,45H,5-18,22,25-26,31-33,37-38H2,1-4H3,(H,54,62)(H,55,59)(H,56,60)(H,57,63)/t45-/m0/s1. The van der Waals surface area contributed by atoms with E-state index in [0.717, 1.165) is 19.3 Å². The Morgan fingerprint density at radius 3 is 1.80 bits per heavy atom. The van der Waals surface area contributed by atoms with E-state index in [2.05, 4.69) is 28.2 Å². The molecular formula is C52H73ClN4O9. The van der Waals surface area contributed by atoms with Crippen LogP contribution >= 0.6 is 11.6 Å². The van der Waals surface area contributed by atoms with Crippen LogP contribution < -0.4 is 21.3 Å². The second kappa shape index (κ2) is 31.5. The summed E-state index contributed by atoms with van der Waals surface area (Å²) in [5, 5.41) is 11.4. The van der Waals surface area contributed by atoms with Crippen molar-refractivity contribution < 1.29 is 43.0 Å². The lowest BCUT2D eigenvalue weighted by Gasteiger charge is -2.23. The third-order valence-corrected chi connectivity index (χ3v) is 11.0. The molecule has 0 unspecified atom stereocenters. The summed E-state index contributed by atoms with van der Waals surface area (Å²) in [6, 6.07) is 18.7. The first-order chi connectivity index (χ1) is 31.7. The Labute approximate surface area is 397 Å². The lowest BCUT2D eigenvalue weighted by molar-refractivity contribution is -0.118. The summed E-state index contributed by atoms with van der Waals surface area (Å²) in [5.74, 6) is -2.11. The number of Topliss-reactive ketones (excluding diaryl/α,β-unsaturated/α-hetero) is 1. The van der Waals surface area contributed by atoms with Gasteiger partial charge in [0.05, 0.1) is 5.56 Å². The molecule has 0 fully saturated rings. The van der Waals surface area contributed by atoms with Gasteiger partial charge in [0.2, 0.25) is 11.8 Å². The van der Waals surface area contributed by atoms with Crippen LogP contribution in [0, 0.1) is 0 Å². The quantitative estimate of drug-likeness (QED) is 0.0211. The van der Waals surface area contributed by atoms with Crippen molar-refractivity contribution in [3.05, 3.63) is 94.5 Å². The molecule has 4 N–H and O–H groups in total. The number of hydrogen-bond donors (Lipinski definition) is 4. The van der Waals surface area contributed by atoms with Crippen molar-refractivity contribution in [3.8, 4) is 0 Å². The molecule has 3 aromatic rings. The number of rotatable bonds is 31. The summed E-state index contributed by atoms with van der Waals surface area (Å²) in [5.41, 5.74) is 0.581. The number of carbonyl (C=O) groups excluding carboxylic acids is 6. The van der Waals surface area contributed by atoms with E-state index in [0.29, 0.717) is 35.4 Å². The minimum absolute atomic E-state index is 0.00320. The third kappa shape index (κ3) is 24.2. The first-order valence-electron chi connectivity index (χ1n) is 23.9. The van der Waals surface area contributed by atoms with Gasteiger partial charge in [-0.25, -0.2) is 14.4 Å². The highest BCUT2D eigenvalue weighted by atomic mass is 35.5. The topological polar surface area (TPSA) is 178 Å². The molecule has 0 aliphatic rings. The number of anilines is 2. The molecular weight excluding hydrogens is 860 g/mol. The maximum atomic E-state index is 13.9. The molecule has 1 atom stereocenters. The highest BCUT2D eigenvalue weighted by Gasteiger charge is 2.25. The largest absolute Gasteiger partial charge is 0.454 e. The van der Waals surface area contributed by atoms with E-state index < -0.39 is 48.1 Å². The molecule has 4 amide bonds. The predicted octanol–water partition coefficient (Wildman–Crippen LogP) is 12.5. The molecule has 3 aromatic carbocycles. The van der Waals surface area contributed by atoms with Crippen LogP contribution in [0.4, 0.5) is 21.0 Å². The van der Waals surface area contributed by atoms with Crippen LogP contribution in [-0.2, 0) is 30.4 Å². The molecule has 0 saturated heterocycles. The number of ether oxygens (including phenoxy) is 3. The van der Waals surface area contributed by atoms with E-state index in [1.807, 2.05) is 0 Å². The van der Waals surface area contributed by atoms with Gasteiger partial charge in [-0.15, -0.1) is 0 Å². The molecule has 66 heavy (non-hydrogen) atoms. The van der Waals surface area contributed by atoms with Crippen LogP contribution in [-0.4, -0.2) is 60.5 Å². The van der Waals surface area contributed by atoms with Crippen molar-refractivity contribution in [2.24, 2.45) is 0 Å². The van der Waals surface area contributed by atoms with Gasteiger partial charge in [-0.3, -0.25) is 14.4 Å². The average molecular weight is 934 g/mol. The van der Waals surface area contributed by atoms with Crippen LogP contribution in [0.5, 0.6) is 0 Å². The van der Waals surface area contributed by atoms with E-state index in [4.69, 9.17) is 25.8 Å². The van der Waals surface area contributed by atoms with Gasteiger partial charge in [0.15, 0.2) is 12.4 Å². The number of amides is 4. The molecule has 0 aliphatic carbocycles. The second-order valence-corrected chi connectivity index (χ2v) is 18.1. The molecule has 0 spiro atoms. The van der Waals surface area contributed by atoms with Gasteiger partial charge in [0.25, 0.3) is 0 Å². The highest BCUT2D eigenvalue weighted by Crippen LogP contribution is 2.23. The first kappa shape index (κ1) is 54.9. The van der Waals surface area contributed by atoms with Crippen molar-refractivity contribution in [2.75, 3.05) is 23.8 Å². The zero-order valence-corrected chi connectivity index (χ0v) is 40.4. The Kier molecular flexibility index (Phi) is 26.2. The summed E-state index contributed by atoms with van der Waals surface area (Å²) in [6.07, 6.45) is 18.1. The summed E-state index contributed by atoms with van der Waals surface area (Å²) >= 11 is 6.15. The number of unbranched alkanes of at least 4 members (excludes halogenated alkanes) is 15. The van der Waals surface area contributed by atoms with Gasteiger partial charge < -0.3 is 35.5 Å². The van der Waals surface area contributed by atoms with E-state index in [1.54, 1.807) is 75.4 Å². The number of alkyl carbamates (subject to hydrolysis) is 2. The SMILES string of the molecule is CCCCCCCCCCCCCCCCCC(=O)Nc1cc(NC(=O)[C@H](CCCCNC(=O)OCc2ccccc2Cl)NC(=O)OC(C)(C)C)cc(C(=O)OCC(=O)c2ccccc2)c1. The lowest BCUT2D eigenvalue weighted by atomic mass is 10.0. The zero-order chi connectivity index (χ0) is 48.0. The number of halogens is 1. The molecule has 0 aliphatic heterocycles. The summed E-state index contributed by atoms with van der Waals surface area (Å²) in [6.45, 7) is 7.07. The molecule has 13 nitrogen and oxygen atoms in total. The van der Waals surface area contributed by atoms with Gasteiger partial charge in [-0.2, -0.15) is 0 Å². The fourth-order valence-corrected chi connectivity index (χ4v) is 7.30. The maximum Gasteiger partial charge on any atom is 0.408 e. The number of hydrogen-bond acceptors (Lipinski definition) is 9. The molecule has 0 bridgehead atoms. The van der Waals surface area contributed by atoms with Gasteiger partial charge >= 0.3 is 18.2 Å². The smallest absolute Gasteiger partial charge is 0.408 e. The Morgan fingerprint density at radius 2 is 1.20 bits per heavy atom. The summed E-state index contributed by atoms with van der Waals surface area (Å²) in [7, 11) is 0. The van der Waals surface area contributed by atoms with Crippen molar-refractivity contribution >= 4 is 58.7 Å². The predicted molar refractivity (Wildman–Crippen MR) is 261 cm³/mol. The van der Waals surface area contributed by atoms with Crippen LogP contribution in [0.2, 0.25) is 5.02 Å². The van der Waals surface area contributed by atoms with E-state index in [-0.39, 0.29) is 48.8 Å². The van der Waals surface area contributed by atoms with Crippen molar-refractivity contribution in [1.29, 1.82) is 0 Å². The summed E-state index contributed by atoms with van der Waals surface area (Å²) < 4.78 is 16.1. The molecule has 0 heterocycles. The van der Waals surface area contributed by atoms with E-state index in [9.17, 15) is 28.8 Å². The fourth-order valence-electron chi connectivity index (χ4n) is 7.11. The monoisotopic (exact) mass is 933 g/mol. The van der Waals surface area contributed by atoms with Gasteiger partial charge in [0, 0.05) is 40.5 Å². The van der Waals surface area contributed by atoms with Crippen LogP contribution in [0.25, 0.3) is 0 Å². The molecule has 0 aromatic heterocycles. The molecule has 3 rings (SSSR count). The van der Waals surface area contributed by atoms with Crippen LogP contribution in [0.1, 0.15) is 176 Å². The van der Waals surface area contributed by atoms with Crippen LogP contribution in [0.15, 0.2) is 72.8 Å². The Hall–Kier alpha value is -5.43. The van der Waals surface area contributed by atoms with Gasteiger partial charge in [-0.05, 0) is 70.7 Å². The normalized spacial score (nSPS) is 11.5. The third-order valence-electron chi connectivity index (χ3n) is 10.7. The number of benzene rings is 3. The molecule has 0 saturated carbocycles. The lowest BCUT2D eigenvalue weighted by Crippen LogP contribution is -2.45. The number of esters is 1. The zero-order valence-electron chi connectivity index (χ0n) is 39.6. The number of ketones is 1. The first-order valence-corrected chi connectivity index (χ1v) is 24.3. The van der Waals surface area contributed by atoms with Crippen molar-refractivity contribution in [3.63, 3.8) is 0 Å². The Bertz CT molecular complexity index is 1950. The van der Waals surface area contributed by atoms with Crippen LogP contribution in [0.3, 0.4) is 0 Å². The Balaban J connectivity index is 1.59. The minimum Gasteiger partial charge on any atom is -0.454 e. The average Bonchev–Trinajstić information content (AvgIpc) is 3.28. The summed E-state index contributed by atoms with van der Waals surface area (Å²) in [4.78, 5) is 78.3. The Morgan fingerprint density at radius 1 is 0.621 bits per heavy atom. The fraction of sp³-hybridized carbons (Fsp3) is 0.538. The van der Waals surface area contributed by atoms with E-state index >= 15 is 0 Å².